The summed E-state index contributed by atoms with van der Waals surface area (Å²) in [5.74, 6) is -1.76. The molecule has 0 bridgehead atoms. The van der Waals surface area contributed by atoms with Crippen LogP contribution in [0.15, 0.2) is 6.07 Å². The number of pyridine rings is 1. The summed E-state index contributed by atoms with van der Waals surface area (Å²) in [7, 11) is 2.47. The summed E-state index contributed by atoms with van der Waals surface area (Å²) in [5, 5.41) is 3.62. The number of carbonyl (C=O) groups excluding carboxylic acids is 3. The van der Waals surface area contributed by atoms with Gasteiger partial charge >= 0.3 is 11.9 Å². The van der Waals surface area contributed by atoms with Crippen LogP contribution in [0.25, 0.3) is 10.2 Å². The Hall–Kier alpha value is -2.98. The number of esters is 2. The fraction of sp³-hybridized carbons (Fsp3) is 0.263. The molecule has 29 heavy (non-hydrogen) atoms. The molecule has 0 aliphatic rings. The van der Waals surface area contributed by atoms with Gasteiger partial charge in [-0.2, -0.15) is 0 Å². The number of nitrogens with two attached hydrogens (primary N) is 1. The highest BCUT2D eigenvalue weighted by Crippen LogP contribution is 2.38. The van der Waals surface area contributed by atoms with Gasteiger partial charge in [0.15, 0.2) is 0 Å². The van der Waals surface area contributed by atoms with Crippen LogP contribution in [0.5, 0.6) is 0 Å². The molecular weight excluding hydrogens is 414 g/mol. The topological polar surface area (TPSA) is 121 Å². The van der Waals surface area contributed by atoms with Gasteiger partial charge in [0.05, 0.1) is 25.5 Å². The molecule has 3 N–H and O–H groups in total. The molecule has 0 atom stereocenters. The minimum Gasteiger partial charge on any atom is -0.465 e. The maximum Gasteiger partial charge on any atom is 0.348 e. The van der Waals surface area contributed by atoms with E-state index in [9.17, 15) is 14.4 Å². The van der Waals surface area contributed by atoms with Gasteiger partial charge in [0, 0.05) is 11.1 Å². The van der Waals surface area contributed by atoms with E-state index in [2.05, 4.69) is 10.3 Å². The number of anilines is 2. The first-order valence-electron chi connectivity index (χ1n) is 8.47. The van der Waals surface area contributed by atoms with Crippen molar-refractivity contribution in [2.24, 2.45) is 0 Å². The summed E-state index contributed by atoms with van der Waals surface area (Å²) in [5.41, 5.74) is 8.78. The van der Waals surface area contributed by atoms with Crippen LogP contribution in [-0.4, -0.2) is 37.0 Å². The number of nitrogen functional groups attached to an aromatic ring is 1. The van der Waals surface area contributed by atoms with Crippen molar-refractivity contribution in [3.63, 3.8) is 0 Å². The van der Waals surface area contributed by atoms with E-state index in [1.165, 1.54) is 25.6 Å². The molecule has 3 aromatic rings. The molecule has 8 nitrogen and oxygen atoms in total. The van der Waals surface area contributed by atoms with E-state index < -0.39 is 17.8 Å². The number of ether oxygens (including phenoxy) is 2. The first-order chi connectivity index (χ1) is 13.7. The molecule has 0 fully saturated rings. The van der Waals surface area contributed by atoms with Crippen molar-refractivity contribution in [1.29, 1.82) is 0 Å². The largest absolute Gasteiger partial charge is 0.465 e. The molecular formula is C19H19N3O5S2. The lowest BCUT2D eigenvalue weighted by atomic mass is 10.1. The van der Waals surface area contributed by atoms with Crippen LogP contribution < -0.4 is 11.1 Å². The summed E-state index contributed by atoms with van der Waals surface area (Å²) in [6.45, 7) is 5.37. The average molecular weight is 434 g/mol. The molecule has 0 unspecified atom stereocenters. The molecule has 0 spiro atoms. The van der Waals surface area contributed by atoms with Gasteiger partial charge in [-0.25, -0.2) is 14.6 Å². The number of nitrogens with zero attached hydrogens (tertiary/aromatic N) is 1. The van der Waals surface area contributed by atoms with Crippen molar-refractivity contribution in [2.75, 3.05) is 25.3 Å². The van der Waals surface area contributed by atoms with Crippen LogP contribution in [0.2, 0.25) is 0 Å². The van der Waals surface area contributed by atoms with E-state index in [0.29, 0.717) is 16.1 Å². The molecule has 1 amide bonds. The molecule has 3 aromatic heterocycles. The van der Waals surface area contributed by atoms with Crippen LogP contribution in [0.4, 0.5) is 10.7 Å². The van der Waals surface area contributed by atoms with Gasteiger partial charge in [0.2, 0.25) is 0 Å². The van der Waals surface area contributed by atoms with Crippen LogP contribution >= 0.6 is 22.7 Å². The van der Waals surface area contributed by atoms with Gasteiger partial charge in [-0.05, 0) is 38.0 Å². The fourth-order valence-electron chi connectivity index (χ4n) is 3.03. The molecule has 3 rings (SSSR count). The quantitative estimate of drug-likeness (QED) is 0.602. The average Bonchev–Trinajstić information content (AvgIpc) is 3.17. The second-order valence-electron chi connectivity index (χ2n) is 6.30. The first kappa shape index (κ1) is 20.7. The molecule has 0 radical (unpaired) electrons. The number of aryl methyl sites for hydroxylation is 2. The first-order valence-corrected chi connectivity index (χ1v) is 10.1. The highest BCUT2D eigenvalue weighted by Gasteiger charge is 2.28. The number of rotatable bonds is 4. The van der Waals surface area contributed by atoms with E-state index in [1.807, 2.05) is 19.9 Å². The number of amides is 1. The van der Waals surface area contributed by atoms with Gasteiger partial charge in [-0.1, -0.05) is 0 Å². The maximum absolute atomic E-state index is 13.0. The molecule has 10 heteroatoms. The number of hydrogen-bond acceptors (Lipinski definition) is 9. The zero-order valence-corrected chi connectivity index (χ0v) is 18.1. The maximum atomic E-state index is 13.0. The highest BCUT2D eigenvalue weighted by molar-refractivity contribution is 7.21. The van der Waals surface area contributed by atoms with Crippen molar-refractivity contribution in [1.82, 2.24) is 4.98 Å². The van der Waals surface area contributed by atoms with Gasteiger partial charge in [-0.15, -0.1) is 22.7 Å². The highest BCUT2D eigenvalue weighted by atomic mass is 32.1. The summed E-state index contributed by atoms with van der Waals surface area (Å²) < 4.78 is 9.56. The predicted molar refractivity (Wildman–Crippen MR) is 113 cm³/mol. The molecule has 0 aromatic carbocycles. The monoisotopic (exact) mass is 433 g/mol. The van der Waals surface area contributed by atoms with Crippen molar-refractivity contribution in [3.8, 4) is 0 Å². The zero-order chi connectivity index (χ0) is 21.5. The number of nitrogens with one attached hydrogen (secondary N) is 1. The summed E-state index contributed by atoms with van der Waals surface area (Å²) >= 11 is 2.11. The summed E-state index contributed by atoms with van der Waals surface area (Å²) in [6, 6.07) is 1.90. The second-order valence-corrected chi connectivity index (χ2v) is 8.32. The van der Waals surface area contributed by atoms with Crippen LogP contribution in [0.3, 0.4) is 0 Å². The zero-order valence-electron chi connectivity index (χ0n) is 16.5. The van der Waals surface area contributed by atoms with E-state index in [1.54, 1.807) is 6.92 Å². The summed E-state index contributed by atoms with van der Waals surface area (Å²) in [6.07, 6.45) is 0. The molecule has 3 heterocycles. The Morgan fingerprint density at radius 2 is 1.69 bits per heavy atom. The van der Waals surface area contributed by atoms with Gasteiger partial charge < -0.3 is 20.5 Å². The van der Waals surface area contributed by atoms with E-state index in [-0.39, 0.29) is 20.3 Å². The standard InChI is InChI=1S/C19H19N3O5S2/c1-7-6-8(2)21-16-10(7)12(20)14(29-16)15(23)22-17-11(18(24)26-4)9(3)13(28-17)19(25)27-5/h6H,20H2,1-5H3,(H,22,23). The SMILES string of the molecule is COC(=O)c1sc(NC(=O)c2sc3nc(C)cc(C)c3c2N)c(C(=O)OC)c1C. The molecule has 152 valence electrons. The van der Waals surface area contributed by atoms with Crippen LogP contribution in [-0.2, 0) is 9.47 Å². The third-order valence-corrected chi connectivity index (χ3v) is 6.65. The smallest absolute Gasteiger partial charge is 0.348 e. The minimum atomic E-state index is -0.665. The Labute approximate surface area is 174 Å². The van der Waals surface area contributed by atoms with Gasteiger partial charge in [0.25, 0.3) is 5.91 Å². The van der Waals surface area contributed by atoms with Gasteiger partial charge in [-0.3, -0.25) is 4.79 Å². The molecule has 0 aliphatic carbocycles. The minimum absolute atomic E-state index is 0.107. The Balaban J connectivity index is 2.06. The molecule has 0 saturated carbocycles. The van der Waals surface area contributed by atoms with Crippen molar-refractivity contribution in [2.45, 2.75) is 20.8 Å². The third kappa shape index (κ3) is 3.56. The van der Waals surface area contributed by atoms with Crippen LogP contribution in [0, 0.1) is 20.8 Å². The third-order valence-electron chi connectivity index (χ3n) is 4.36. The Kier molecular flexibility index (Phi) is 5.58. The normalized spacial score (nSPS) is 10.8. The fourth-order valence-corrected chi connectivity index (χ4v) is 5.25. The second kappa shape index (κ2) is 7.80. The number of thiophene rings is 2. The Bertz CT molecular complexity index is 1160. The molecule has 0 aliphatic heterocycles. The summed E-state index contributed by atoms with van der Waals surface area (Å²) in [4.78, 5) is 42.8. The Morgan fingerprint density at radius 3 is 2.31 bits per heavy atom. The van der Waals surface area contributed by atoms with Crippen molar-refractivity contribution in [3.05, 3.63) is 38.2 Å². The van der Waals surface area contributed by atoms with E-state index in [0.717, 1.165) is 28.0 Å². The lowest BCUT2D eigenvalue weighted by Gasteiger charge is -2.05. The van der Waals surface area contributed by atoms with Crippen molar-refractivity contribution >= 4 is 61.4 Å². The lowest BCUT2D eigenvalue weighted by molar-refractivity contribution is 0.0601. The number of carbonyl (C=O) groups is 3. The molecule has 0 saturated heterocycles. The number of methoxy groups -OCH3 is 2. The van der Waals surface area contributed by atoms with E-state index in [4.69, 9.17) is 15.2 Å². The van der Waals surface area contributed by atoms with E-state index >= 15 is 0 Å². The predicted octanol–water partition coefficient (Wildman–Crippen LogP) is 3.69. The van der Waals surface area contributed by atoms with Gasteiger partial charge in [0.1, 0.15) is 19.6 Å². The number of fused-ring (bicyclic) bond motifs is 1. The number of hydrogen-bond donors (Lipinski definition) is 2. The Morgan fingerprint density at radius 1 is 1.03 bits per heavy atom. The van der Waals surface area contributed by atoms with Crippen LogP contribution in [0.1, 0.15) is 46.5 Å². The lowest BCUT2D eigenvalue weighted by Crippen LogP contribution is -2.14. The van der Waals surface area contributed by atoms with Crippen molar-refractivity contribution < 1.29 is 23.9 Å². The number of aromatic nitrogens is 1.